The monoisotopic (exact) mass is 362 g/mol. The third kappa shape index (κ3) is 3.66. The van der Waals surface area contributed by atoms with Gasteiger partial charge in [-0.15, -0.1) is 0 Å². The van der Waals surface area contributed by atoms with Crippen LogP contribution in [0, 0.1) is 23.2 Å². The molecule has 26 heavy (non-hydrogen) atoms. The molecule has 4 nitrogen and oxygen atoms in total. The van der Waals surface area contributed by atoms with Crippen LogP contribution in [-0.2, 0) is 0 Å². The Kier molecular flexibility index (Phi) is 5.43. The molecule has 0 radical (unpaired) electrons. The Balaban J connectivity index is 1.78. The minimum Gasteiger partial charge on any atom is -0.497 e. The summed E-state index contributed by atoms with van der Waals surface area (Å²) in [4.78, 5) is 0. The van der Waals surface area contributed by atoms with Crippen molar-refractivity contribution >= 4 is 0 Å². The maximum Gasteiger partial charge on any atom is 0.164 e. The van der Waals surface area contributed by atoms with Crippen molar-refractivity contribution in [2.45, 2.75) is 58.5 Å². The zero-order valence-electron chi connectivity index (χ0n) is 16.9. The van der Waals surface area contributed by atoms with Gasteiger partial charge in [-0.25, -0.2) is 0 Å². The number of methoxy groups -OCH3 is 2. The topological polar surface area (TPSA) is 47.9 Å². The van der Waals surface area contributed by atoms with Crippen molar-refractivity contribution < 1.29 is 19.3 Å². The van der Waals surface area contributed by atoms with Gasteiger partial charge in [-0.3, -0.25) is 0 Å². The van der Waals surface area contributed by atoms with Crippen molar-refractivity contribution in [2.75, 3.05) is 20.8 Å². The first-order valence-corrected chi connectivity index (χ1v) is 9.86. The summed E-state index contributed by atoms with van der Waals surface area (Å²) in [7, 11) is 3.28. The predicted octanol–water partition coefficient (Wildman–Crippen LogP) is 4.69. The molecule has 2 saturated carbocycles. The molecule has 4 heteroatoms. The van der Waals surface area contributed by atoms with Crippen LogP contribution < -0.4 is 14.2 Å². The molecule has 146 valence electrons. The fourth-order valence-electron chi connectivity index (χ4n) is 5.32. The molecule has 0 bridgehead atoms. The highest BCUT2D eigenvalue weighted by Crippen LogP contribution is 2.55. The molecule has 1 aromatic carbocycles. The molecule has 2 aliphatic carbocycles. The van der Waals surface area contributed by atoms with Crippen molar-refractivity contribution in [3.8, 4) is 17.2 Å². The maximum absolute atomic E-state index is 11.1. The number of benzene rings is 1. The molecule has 2 fully saturated rings. The lowest BCUT2D eigenvalue weighted by atomic mass is 9.53. The SMILES string of the molecule is COc1ccc(OCC2C3CCCC(C)(C)C3CCC2(C)O)c(OC)c1. The first-order chi connectivity index (χ1) is 12.3. The van der Waals surface area contributed by atoms with Gasteiger partial charge in [0.25, 0.3) is 0 Å². The summed E-state index contributed by atoms with van der Waals surface area (Å²) in [5.41, 5.74) is -0.316. The highest BCUT2D eigenvalue weighted by atomic mass is 16.5. The van der Waals surface area contributed by atoms with Gasteiger partial charge in [-0.1, -0.05) is 20.3 Å². The van der Waals surface area contributed by atoms with Crippen molar-refractivity contribution in [2.24, 2.45) is 23.2 Å². The van der Waals surface area contributed by atoms with E-state index in [2.05, 4.69) is 13.8 Å². The molecule has 1 N–H and O–H groups in total. The predicted molar refractivity (Wildman–Crippen MR) is 103 cm³/mol. The van der Waals surface area contributed by atoms with Crippen LogP contribution in [0.1, 0.15) is 52.9 Å². The minimum atomic E-state index is -0.672. The average Bonchev–Trinajstić information content (AvgIpc) is 2.60. The smallest absolute Gasteiger partial charge is 0.164 e. The quantitative estimate of drug-likeness (QED) is 0.826. The summed E-state index contributed by atoms with van der Waals surface area (Å²) in [6.07, 6.45) is 5.69. The molecule has 3 rings (SSSR count). The lowest BCUT2D eigenvalue weighted by Crippen LogP contribution is -2.53. The highest BCUT2D eigenvalue weighted by Gasteiger charge is 2.51. The van der Waals surface area contributed by atoms with E-state index in [1.165, 1.54) is 19.3 Å². The van der Waals surface area contributed by atoms with Crippen molar-refractivity contribution in [1.29, 1.82) is 0 Å². The van der Waals surface area contributed by atoms with Gasteiger partial charge in [0, 0.05) is 12.0 Å². The van der Waals surface area contributed by atoms with Crippen molar-refractivity contribution in [1.82, 2.24) is 0 Å². The van der Waals surface area contributed by atoms with Gasteiger partial charge in [-0.2, -0.15) is 0 Å². The third-order valence-electron chi connectivity index (χ3n) is 6.95. The second-order valence-electron chi connectivity index (χ2n) is 8.98. The zero-order chi connectivity index (χ0) is 18.9. The lowest BCUT2D eigenvalue weighted by Gasteiger charge is -2.54. The summed E-state index contributed by atoms with van der Waals surface area (Å²) in [5, 5.41) is 11.1. The molecule has 4 atom stereocenters. The zero-order valence-corrected chi connectivity index (χ0v) is 16.9. The summed E-state index contributed by atoms with van der Waals surface area (Å²) >= 11 is 0. The van der Waals surface area contributed by atoms with Gasteiger partial charge in [0.05, 0.1) is 26.4 Å². The Morgan fingerprint density at radius 3 is 2.50 bits per heavy atom. The Bertz CT molecular complexity index is 623. The summed E-state index contributed by atoms with van der Waals surface area (Å²) in [6, 6.07) is 5.60. The van der Waals surface area contributed by atoms with E-state index in [4.69, 9.17) is 14.2 Å². The summed E-state index contributed by atoms with van der Waals surface area (Å²) in [6.45, 7) is 7.31. The van der Waals surface area contributed by atoms with Gasteiger partial charge in [0.1, 0.15) is 5.75 Å². The van der Waals surface area contributed by atoms with E-state index in [1.807, 2.05) is 25.1 Å². The van der Waals surface area contributed by atoms with E-state index in [0.29, 0.717) is 35.4 Å². The molecule has 0 spiro atoms. The lowest BCUT2D eigenvalue weighted by molar-refractivity contribution is -0.129. The third-order valence-corrected chi connectivity index (χ3v) is 6.95. The standard InChI is InChI=1S/C22H34O4/c1-21(2)11-6-7-16-17(21)10-12-22(3,23)18(16)14-26-19-9-8-15(24-4)13-20(19)25-5/h8-9,13,16-18,23H,6-7,10-12,14H2,1-5H3. The Labute approximate surface area is 157 Å². The van der Waals surface area contributed by atoms with Crippen LogP contribution in [0.2, 0.25) is 0 Å². The number of rotatable bonds is 5. The largest absolute Gasteiger partial charge is 0.497 e. The van der Waals surface area contributed by atoms with Crippen LogP contribution in [0.5, 0.6) is 17.2 Å². The Morgan fingerprint density at radius 1 is 1.04 bits per heavy atom. The van der Waals surface area contributed by atoms with Crippen LogP contribution >= 0.6 is 0 Å². The Hall–Kier alpha value is -1.42. The van der Waals surface area contributed by atoms with Gasteiger partial charge < -0.3 is 19.3 Å². The minimum absolute atomic E-state index is 0.146. The highest BCUT2D eigenvalue weighted by molar-refractivity contribution is 5.45. The van der Waals surface area contributed by atoms with Crippen LogP contribution in [0.3, 0.4) is 0 Å². The average molecular weight is 363 g/mol. The van der Waals surface area contributed by atoms with Crippen molar-refractivity contribution in [3.63, 3.8) is 0 Å². The van der Waals surface area contributed by atoms with E-state index in [1.54, 1.807) is 14.2 Å². The van der Waals surface area contributed by atoms with Gasteiger partial charge in [0.2, 0.25) is 0 Å². The van der Waals surface area contributed by atoms with Gasteiger partial charge in [0.15, 0.2) is 11.5 Å². The first kappa shape index (κ1) is 19.3. The number of fused-ring (bicyclic) bond motifs is 1. The molecule has 0 aliphatic heterocycles. The fourth-order valence-corrected chi connectivity index (χ4v) is 5.32. The molecule has 1 aromatic rings. The maximum atomic E-state index is 11.1. The number of hydrogen-bond acceptors (Lipinski definition) is 4. The van der Waals surface area contributed by atoms with Gasteiger partial charge >= 0.3 is 0 Å². The first-order valence-electron chi connectivity index (χ1n) is 9.86. The van der Waals surface area contributed by atoms with Crippen LogP contribution in [0.15, 0.2) is 18.2 Å². The molecule has 0 amide bonds. The van der Waals surface area contributed by atoms with E-state index < -0.39 is 5.60 Å². The number of hydrogen-bond donors (Lipinski definition) is 1. The Morgan fingerprint density at radius 2 is 1.81 bits per heavy atom. The van der Waals surface area contributed by atoms with Crippen molar-refractivity contribution in [3.05, 3.63) is 18.2 Å². The fraction of sp³-hybridized carbons (Fsp3) is 0.727. The van der Waals surface area contributed by atoms with E-state index in [0.717, 1.165) is 18.6 Å². The van der Waals surface area contributed by atoms with Crippen LogP contribution in [0.4, 0.5) is 0 Å². The van der Waals surface area contributed by atoms with Crippen LogP contribution in [0.25, 0.3) is 0 Å². The second kappa shape index (κ2) is 7.30. The molecule has 0 aromatic heterocycles. The molecule has 0 saturated heterocycles. The number of ether oxygens (including phenoxy) is 3. The number of aliphatic hydroxyl groups is 1. The summed E-state index contributed by atoms with van der Waals surface area (Å²) in [5.74, 6) is 3.46. The van der Waals surface area contributed by atoms with Crippen LogP contribution in [-0.4, -0.2) is 31.5 Å². The normalized spacial score (nSPS) is 33.2. The second-order valence-corrected chi connectivity index (χ2v) is 8.98. The van der Waals surface area contributed by atoms with E-state index in [-0.39, 0.29) is 5.92 Å². The molecular formula is C22H34O4. The molecule has 2 aliphatic rings. The molecule has 0 heterocycles. The van der Waals surface area contributed by atoms with E-state index in [9.17, 15) is 5.11 Å². The van der Waals surface area contributed by atoms with E-state index >= 15 is 0 Å². The summed E-state index contributed by atoms with van der Waals surface area (Å²) < 4.78 is 16.9. The molecular weight excluding hydrogens is 328 g/mol. The molecule has 4 unspecified atom stereocenters. The van der Waals surface area contributed by atoms with Gasteiger partial charge in [-0.05, 0) is 62.0 Å².